The Morgan fingerprint density at radius 1 is 0.622 bits per heavy atom. The molecule has 0 spiro atoms. The third-order valence-corrected chi connectivity index (χ3v) is 10.8. The fourth-order valence-corrected chi connectivity index (χ4v) is 7.90. The van der Waals surface area contributed by atoms with Gasteiger partial charge in [0.25, 0.3) is 0 Å². The van der Waals surface area contributed by atoms with Gasteiger partial charge in [-0.2, -0.15) is 0 Å². The van der Waals surface area contributed by atoms with Crippen molar-refractivity contribution in [1.29, 1.82) is 0 Å². The SMILES string of the molecule is CC1=CC(C(C)C)=CC1C(c1cc(C(C)(C)C)cc2c1Cc1ccc(C(C)(C)C)cc1-2)C(C)(c1ccccc1)c1ccccc1. The number of hydrogen-bond donors (Lipinski definition) is 0. The first-order valence-electron chi connectivity index (χ1n) is 17.0. The minimum absolute atomic E-state index is 0.0219. The Morgan fingerprint density at radius 3 is 1.69 bits per heavy atom. The summed E-state index contributed by atoms with van der Waals surface area (Å²) in [5, 5.41) is 0. The molecule has 0 heteroatoms. The molecule has 0 aromatic heterocycles. The highest BCUT2D eigenvalue weighted by molar-refractivity contribution is 5.80. The van der Waals surface area contributed by atoms with Crippen molar-refractivity contribution in [2.24, 2.45) is 11.8 Å². The van der Waals surface area contributed by atoms with Crippen LogP contribution in [0.25, 0.3) is 11.1 Å². The molecule has 0 aliphatic heterocycles. The van der Waals surface area contributed by atoms with Crippen LogP contribution in [0, 0.1) is 11.8 Å². The highest BCUT2D eigenvalue weighted by atomic mass is 14.5. The van der Waals surface area contributed by atoms with Crippen LogP contribution in [-0.2, 0) is 22.7 Å². The zero-order chi connectivity index (χ0) is 32.3. The first kappa shape index (κ1) is 31.3. The third-order valence-electron chi connectivity index (χ3n) is 10.8. The lowest BCUT2D eigenvalue weighted by atomic mass is 9.58. The molecular formula is C45H52. The predicted molar refractivity (Wildman–Crippen MR) is 194 cm³/mol. The fourth-order valence-electron chi connectivity index (χ4n) is 7.90. The average molecular weight is 593 g/mol. The van der Waals surface area contributed by atoms with Gasteiger partial charge < -0.3 is 0 Å². The molecule has 45 heavy (non-hydrogen) atoms. The number of fused-ring (bicyclic) bond motifs is 3. The quantitative estimate of drug-likeness (QED) is 0.184. The summed E-state index contributed by atoms with van der Waals surface area (Å²) >= 11 is 0. The minimum atomic E-state index is -0.263. The second kappa shape index (κ2) is 11.3. The van der Waals surface area contributed by atoms with Gasteiger partial charge in [0.1, 0.15) is 0 Å². The molecular weight excluding hydrogens is 540 g/mol. The van der Waals surface area contributed by atoms with Gasteiger partial charge >= 0.3 is 0 Å². The maximum absolute atomic E-state index is 2.62. The second-order valence-corrected chi connectivity index (χ2v) is 16.3. The molecule has 2 atom stereocenters. The minimum Gasteiger partial charge on any atom is -0.0732 e. The Bertz CT molecular complexity index is 1720. The number of hydrogen-bond acceptors (Lipinski definition) is 0. The van der Waals surface area contributed by atoms with Gasteiger partial charge in [-0.3, -0.25) is 0 Å². The Balaban J connectivity index is 1.71. The van der Waals surface area contributed by atoms with E-state index in [1.807, 2.05) is 0 Å². The molecule has 2 aliphatic carbocycles. The van der Waals surface area contributed by atoms with Crippen LogP contribution >= 0.6 is 0 Å². The van der Waals surface area contributed by atoms with Gasteiger partial charge in [-0.1, -0.05) is 171 Å². The normalized spacial score (nSPS) is 17.2. The summed E-state index contributed by atoms with van der Waals surface area (Å²) in [5.74, 6) is 1.00. The summed E-state index contributed by atoms with van der Waals surface area (Å²) in [6.45, 7) is 23.7. The van der Waals surface area contributed by atoms with Gasteiger partial charge in [0.2, 0.25) is 0 Å². The molecule has 2 unspecified atom stereocenters. The van der Waals surface area contributed by atoms with Crippen molar-refractivity contribution >= 4 is 0 Å². The van der Waals surface area contributed by atoms with Crippen LogP contribution < -0.4 is 0 Å². The molecule has 0 saturated carbocycles. The van der Waals surface area contributed by atoms with Crippen molar-refractivity contribution in [3.63, 3.8) is 0 Å². The largest absolute Gasteiger partial charge is 0.0732 e. The Labute approximate surface area is 273 Å². The van der Waals surface area contributed by atoms with Crippen LogP contribution in [0.15, 0.2) is 114 Å². The summed E-state index contributed by atoms with van der Waals surface area (Å²) in [5.41, 5.74) is 15.8. The molecule has 6 rings (SSSR count). The molecule has 0 saturated heterocycles. The number of rotatable bonds is 6. The molecule has 0 bridgehead atoms. The fraction of sp³-hybridized carbons (Fsp3) is 0.378. The molecule has 0 amide bonds. The van der Waals surface area contributed by atoms with E-state index in [1.54, 1.807) is 0 Å². The lowest BCUT2D eigenvalue weighted by molar-refractivity contribution is 0.388. The van der Waals surface area contributed by atoms with Crippen LogP contribution in [0.2, 0.25) is 0 Å². The first-order chi connectivity index (χ1) is 21.2. The van der Waals surface area contributed by atoms with E-state index < -0.39 is 0 Å². The summed E-state index contributed by atoms with van der Waals surface area (Å²) < 4.78 is 0. The van der Waals surface area contributed by atoms with E-state index in [9.17, 15) is 0 Å². The van der Waals surface area contributed by atoms with Crippen LogP contribution in [0.5, 0.6) is 0 Å². The summed E-state index contributed by atoms with van der Waals surface area (Å²) in [6.07, 6.45) is 6.09. The van der Waals surface area contributed by atoms with Gasteiger partial charge in [-0.05, 0) is 85.7 Å². The Morgan fingerprint density at radius 2 is 1.18 bits per heavy atom. The zero-order valence-electron chi connectivity index (χ0n) is 29.3. The molecule has 0 nitrogen and oxygen atoms in total. The maximum atomic E-state index is 2.62. The van der Waals surface area contributed by atoms with Crippen LogP contribution in [0.4, 0.5) is 0 Å². The summed E-state index contributed by atoms with van der Waals surface area (Å²) in [6, 6.07) is 35.1. The van der Waals surface area contributed by atoms with E-state index in [1.165, 1.54) is 61.2 Å². The third kappa shape index (κ3) is 5.56. The molecule has 0 radical (unpaired) electrons. The van der Waals surface area contributed by atoms with Crippen molar-refractivity contribution in [1.82, 2.24) is 0 Å². The second-order valence-electron chi connectivity index (χ2n) is 16.3. The lowest BCUT2D eigenvalue weighted by Crippen LogP contribution is -2.37. The van der Waals surface area contributed by atoms with Crippen molar-refractivity contribution in [2.75, 3.05) is 0 Å². The van der Waals surface area contributed by atoms with E-state index in [-0.39, 0.29) is 22.2 Å². The monoisotopic (exact) mass is 592 g/mol. The molecule has 0 N–H and O–H groups in total. The van der Waals surface area contributed by atoms with Gasteiger partial charge in [0.15, 0.2) is 0 Å². The van der Waals surface area contributed by atoms with Crippen LogP contribution in [-0.4, -0.2) is 0 Å². The van der Waals surface area contributed by atoms with E-state index in [0.29, 0.717) is 11.8 Å². The van der Waals surface area contributed by atoms with E-state index in [2.05, 4.69) is 172 Å². The van der Waals surface area contributed by atoms with Gasteiger partial charge in [-0.15, -0.1) is 0 Å². The first-order valence-corrected chi connectivity index (χ1v) is 17.0. The van der Waals surface area contributed by atoms with E-state index in [4.69, 9.17) is 0 Å². The van der Waals surface area contributed by atoms with Crippen molar-refractivity contribution in [3.05, 3.63) is 153 Å². The Hall–Kier alpha value is -3.64. The van der Waals surface area contributed by atoms with Gasteiger partial charge in [0, 0.05) is 17.3 Å². The highest BCUT2D eigenvalue weighted by Crippen LogP contribution is 2.56. The predicted octanol–water partition coefficient (Wildman–Crippen LogP) is 12.1. The van der Waals surface area contributed by atoms with Crippen molar-refractivity contribution in [3.8, 4) is 11.1 Å². The summed E-state index contributed by atoms with van der Waals surface area (Å²) in [7, 11) is 0. The topological polar surface area (TPSA) is 0 Å². The zero-order valence-corrected chi connectivity index (χ0v) is 29.3. The molecule has 232 valence electrons. The molecule has 4 aromatic carbocycles. The standard InChI is InChI=1S/C45H52/c1-29(2)32-23-30(3)37(25-32)42(45(10,33-17-13-11-14-18-33)34-19-15-12-16-20-34)41-28-36(44(7,8)9)27-40-38-26-35(43(4,5)6)22-21-31(38)24-39(40)41/h11-23,25-29,37,42H,24H2,1-10H3. The number of benzene rings is 4. The van der Waals surface area contributed by atoms with E-state index in [0.717, 1.165) is 6.42 Å². The van der Waals surface area contributed by atoms with Gasteiger partial charge in [-0.25, -0.2) is 0 Å². The lowest BCUT2D eigenvalue weighted by Gasteiger charge is -2.44. The average Bonchev–Trinajstić information content (AvgIpc) is 3.57. The van der Waals surface area contributed by atoms with Crippen LogP contribution in [0.1, 0.15) is 114 Å². The van der Waals surface area contributed by atoms with Crippen LogP contribution in [0.3, 0.4) is 0 Å². The Kier molecular flexibility index (Phi) is 7.88. The van der Waals surface area contributed by atoms with Gasteiger partial charge in [0.05, 0.1) is 0 Å². The van der Waals surface area contributed by atoms with Crippen molar-refractivity contribution < 1.29 is 0 Å². The number of allylic oxidation sites excluding steroid dienone is 4. The smallest absolute Gasteiger partial charge is 0.0252 e. The molecule has 0 fully saturated rings. The molecule has 2 aliphatic rings. The molecule has 4 aromatic rings. The van der Waals surface area contributed by atoms with E-state index >= 15 is 0 Å². The maximum Gasteiger partial charge on any atom is 0.0252 e. The van der Waals surface area contributed by atoms with Crippen molar-refractivity contribution in [2.45, 2.75) is 97.8 Å². The highest BCUT2D eigenvalue weighted by Gasteiger charge is 2.46. The molecule has 0 heterocycles. The summed E-state index contributed by atoms with van der Waals surface area (Å²) in [4.78, 5) is 0.